The molecule has 0 saturated heterocycles. The van der Waals surface area contributed by atoms with E-state index in [4.69, 9.17) is 16.0 Å². The fourth-order valence-corrected chi connectivity index (χ4v) is 2.34. The molecule has 0 aliphatic carbocycles. The summed E-state index contributed by atoms with van der Waals surface area (Å²) in [4.78, 5) is 0. The van der Waals surface area contributed by atoms with Gasteiger partial charge in [0.15, 0.2) is 0 Å². The van der Waals surface area contributed by atoms with Gasteiger partial charge in [0.05, 0.1) is 12.3 Å². The molecule has 1 atom stereocenters. The van der Waals surface area contributed by atoms with Crippen molar-refractivity contribution in [2.45, 2.75) is 19.4 Å². The van der Waals surface area contributed by atoms with Crippen molar-refractivity contribution in [1.29, 1.82) is 0 Å². The van der Waals surface area contributed by atoms with Crippen LogP contribution in [0.4, 0.5) is 4.39 Å². The van der Waals surface area contributed by atoms with Crippen LogP contribution in [0.5, 0.6) is 0 Å². The third-order valence-electron chi connectivity index (χ3n) is 2.97. The van der Waals surface area contributed by atoms with Crippen LogP contribution in [0.2, 0.25) is 5.02 Å². The summed E-state index contributed by atoms with van der Waals surface area (Å²) >= 11 is 6.14. The zero-order valence-electron chi connectivity index (χ0n) is 10.3. The maximum Gasteiger partial charge on any atom is 0.123 e. The van der Waals surface area contributed by atoms with Crippen molar-refractivity contribution in [2.75, 3.05) is 7.05 Å². The summed E-state index contributed by atoms with van der Waals surface area (Å²) in [6.07, 6.45) is 2.43. The lowest BCUT2D eigenvalue weighted by atomic mass is 9.98. The van der Waals surface area contributed by atoms with E-state index in [0.717, 1.165) is 23.3 Å². The van der Waals surface area contributed by atoms with Gasteiger partial charge in [-0.1, -0.05) is 18.5 Å². The predicted molar refractivity (Wildman–Crippen MR) is 70.4 cm³/mol. The Bertz CT molecular complexity index is 538. The van der Waals surface area contributed by atoms with Crippen molar-refractivity contribution in [3.63, 3.8) is 0 Å². The fraction of sp³-hybridized carbons (Fsp3) is 0.286. The average Bonchev–Trinajstić information content (AvgIpc) is 2.83. The normalized spacial score (nSPS) is 12.7. The van der Waals surface area contributed by atoms with E-state index in [1.807, 2.05) is 20.0 Å². The molecule has 1 heterocycles. The Kier molecular flexibility index (Phi) is 4.04. The molecule has 96 valence electrons. The van der Waals surface area contributed by atoms with Crippen molar-refractivity contribution in [3.05, 3.63) is 58.3 Å². The van der Waals surface area contributed by atoms with Crippen LogP contribution in [0.25, 0.3) is 0 Å². The molecule has 18 heavy (non-hydrogen) atoms. The van der Waals surface area contributed by atoms with Gasteiger partial charge in [-0.15, -0.1) is 0 Å². The molecule has 1 unspecified atom stereocenters. The summed E-state index contributed by atoms with van der Waals surface area (Å²) in [6, 6.07) is 6.11. The van der Waals surface area contributed by atoms with Gasteiger partial charge in [-0.2, -0.15) is 0 Å². The van der Waals surface area contributed by atoms with E-state index in [2.05, 4.69) is 5.32 Å². The van der Waals surface area contributed by atoms with E-state index in [1.54, 1.807) is 12.3 Å². The molecular weight excluding hydrogens is 253 g/mol. The number of furan rings is 1. The molecule has 0 amide bonds. The van der Waals surface area contributed by atoms with Crippen LogP contribution in [0.3, 0.4) is 0 Å². The minimum absolute atomic E-state index is 0.165. The van der Waals surface area contributed by atoms with E-state index in [0.29, 0.717) is 5.02 Å². The standard InChI is InChI=1S/C14H15ClFNO/c1-3-13-10(6-7-18-13)14(17-2)11-8-9(16)4-5-12(11)15/h4-8,14,17H,3H2,1-2H3. The Balaban J connectivity index is 2.48. The monoisotopic (exact) mass is 267 g/mol. The van der Waals surface area contributed by atoms with Crippen molar-refractivity contribution in [1.82, 2.24) is 5.32 Å². The molecule has 0 fully saturated rings. The molecule has 4 heteroatoms. The second-order valence-electron chi connectivity index (χ2n) is 4.04. The number of hydrogen-bond acceptors (Lipinski definition) is 2. The Hall–Kier alpha value is -1.32. The summed E-state index contributed by atoms with van der Waals surface area (Å²) in [5, 5.41) is 3.69. The molecule has 0 aliphatic heterocycles. The molecular formula is C14H15ClFNO. The number of nitrogens with one attached hydrogen (secondary N) is 1. The van der Waals surface area contributed by atoms with Crippen LogP contribution in [-0.2, 0) is 6.42 Å². The van der Waals surface area contributed by atoms with Crippen LogP contribution in [0, 0.1) is 5.82 Å². The molecule has 0 saturated carbocycles. The van der Waals surface area contributed by atoms with E-state index in [9.17, 15) is 4.39 Å². The van der Waals surface area contributed by atoms with Gasteiger partial charge in [-0.3, -0.25) is 0 Å². The van der Waals surface area contributed by atoms with Crippen LogP contribution in [0.1, 0.15) is 29.9 Å². The fourth-order valence-electron chi connectivity index (χ4n) is 2.11. The topological polar surface area (TPSA) is 25.2 Å². The quantitative estimate of drug-likeness (QED) is 0.908. The molecule has 0 aliphatic rings. The average molecular weight is 268 g/mol. The maximum absolute atomic E-state index is 13.4. The van der Waals surface area contributed by atoms with Gasteiger partial charge in [0.25, 0.3) is 0 Å². The minimum Gasteiger partial charge on any atom is -0.469 e. The Morgan fingerprint density at radius 3 is 2.78 bits per heavy atom. The molecule has 0 spiro atoms. The molecule has 1 aromatic carbocycles. The smallest absolute Gasteiger partial charge is 0.123 e. The summed E-state index contributed by atoms with van der Waals surface area (Å²) in [5.41, 5.74) is 1.71. The zero-order chi connectivity index (χ0) is 13.1. The van der Waals surface area contributed by atoms with Crippen LogP contribution in [-0.4, -0.2) is 7.05 Å². The van der Waals surface area contributed by atoms with Gasteiger partial charge in [-0.05, 0) is 36.9 Å². The summed E-state index contributed by atoms with van der Waals surface area (Å²) in [7, 11) is 1.82. The van der Waals surface area contributed by atoms with Crippen molar-refractivity contribution in [3.8, 4) is 0 Å². The lowest BCUT2D eigenvalue weighted by molar-refractivity contribution is 0.504. The molecule has 1 N–H and O–H groups in total. The molecule has 1 aromatic heterocycles. The van der Waals surface area contributed by atoms with Gasteiger partial charge in [-0.25, -0.2) is 4.39 Å². The number of aryl methyl sites for hydroxylation is 1. The lowest BCUT2D eigenvalue weighted by Crippen LogP contribution is -2.18. The van der Waals surface area contributed by atoms with Crippen LogP contribution >= 0.6 is 11.6 Å². The summed E-state index contributed by atoms with van der Waals surface area (Å²) < 4.78 is 18.8. The third-order valence-corrected chi connectivity index (χ3v) is 3.31. The first-order chi connectivity index (χ1) is 8.67. The molecule has 2 rings (SSSR count). The Morgan fingerprint density at radius 2 is 2.11 bits per heavy atom. The van der Waals surface area contributed by atoms with E-state index >= 15 is 0 Å². The number of rotatable bonds is 4. The number of benzene rings is 1. The van der Waals surface area contributed by atoms with E-state index in [1.165, 1.54) is 12.1 Å². The van der Waals surface area contributed by atoms with Crippen LogP contribution in [0.15, 0.2) is 34.9 Å². The highest BCUT2D eigenvalue weighted by atomic mass is 35.5. The van der Waals surface area contributed by atoms with Gasteiger partial charge >= 0.3 is 0 Å². The second-order valence-corrected chi connectivity index (χ2v) is 4.45. The lowest BCUT2D eigenvalue weighted by Gasteiger charge is -2.18. The molecule has 2 aromatic rings. The SMILES string of the molecule is CCc1occc1C(NC)c1cc(F)ccc1Cl. The Morgan fingerprint density at radius 1 is 1.33 bits per heavy atom. The van der Waals surface area contributed by atoms with Gasteiger partial charge in [0.1, 0.15) is 11.6 Å². The van der Waals surface area contributed by atoms with Crippen LogP contribution < -0.4 is 5.32 Å². The van der Waals surface area contributed by atoms with Crippen molar-refractivity contribution in [2.24, 2.45) is 0 Å². The third kappa shape index (κ3) is 2.42. The highest BCUT2D eigenvalue weighted by Crippen LogP contribution is 2.31. The molecule has 0 radical (unpaired) electrons. The van der Waals surface area contributed by atoms with Gasteiger partial charge < -0.3 is 9.73 Å². The second kappa shape index (κ2) is 5.55. The Labute approximate surface area is 111 Å². The van der Waals surface area contributed by atoms with E-state index in [-0.39, 0.29) is 11.9 Å². The minimum atomic E-state index is -0.295. The maximum atomic E-state index is 13.4. The van der Waals surface area contributed by atoms with E-state index < -0.39 is 0 Å². The first-order valence-corrected chi connectivity index (χ1v) is 6.23. The largest absolute Gasteiger partial charge is 0.469 e. The molecule has 0 bridgehead atoms. The van der Waals surface area contributed by atoms with Crippen molar-refractivity contribution >= 4 is 11.6 Å². The summed E-state index contributed by atoms with van der Waals surface area (Å²) in [5.74, 6) is 0.589. The highest BCUT2D eigenvalue weighted by molar-refractivity contribution is 6.31. The van der Waals surface area contributed by atoms with Crippen molar-refractivity contribution < 1.29 is 8.81 Å². The first kappa shape index (κ1) is 13.1. The molecule has 2 nitrogen and oxygen atoms in total. The number of hydrogen-bond donors (Lipinski definition) is 1. The van der Waals surface area contributed by atoms with Gasteiger partial charge in [0.2, 0.25) is 0 Å². The zero-order valence-corrected chi connectivity index (χ0v) is 11.1. The first-order valence-electron chi connectivity index (χ1n) is 5.85. The number of halogens is 2. The predicted octanol–water partition coefficient (Wildman–Crippen LogP) is 3.94. The highest BCUT2D eigenvalue weighted by Gasteiger charge is 2.20. The summed E-state index contributed by atoms with van der Waals surface area (Å²) in [6.45, 7) is 2.02. The van der Waals surface area contributed by atoms with Gasteiger partial charge in [0, 0.05) is 17.0 Å².